The molecule has 1 aliphatic heterocycles. The van der Waals surface area contributed by atoms with Crippen LogP contribution in [-0.4, -0.2) is 54.1 Å². The molecule has 0 aromatic rings. The van der Waals surface area contributed by atoms with Gasteiger partial charge in [-0.25, -0.2) is 0 Å². The average Bonchev–Trinajstić information content (AvgIpc) is 2.84. The molecule has 5 atom stereocenters. The second-order valence-corrected chi connectivity index (χ2v) is 7.24. The van der Waals surface area contributed by atoms with E-state index in [9.17, 15) is 15.0 Å². The van der Waals surface area contributed by atoms with Gasteiger partial charge in [0.05, 0.1) is 31.8 Å². The molecule has 1 heterocycles. The van der Waals surface area contributed by atoms with Crippen molar-refractivity contribution in [2.75, 3.05) is 19.6 Å². The van der Waals surface area contributed by atoms with Crippen molar-refractivity contribution in [3.05, 3.63) is 23.8 Å². The minimum atomic E-state index is -0.704. The van der Waals surface area contributed by atoms with Crippen molar-refractivity contribution in [1.82, 2.24) is 0 Å². The molecule has 136 valence electrons. The van der Waals surface area contributed by atoms with Gasteiger partial charge in [0.15, 0.2) is 0 Å². The van der Waals surface area contributed by atoms with E-state index >= 15 is 0 Å². The standard InChI is InChI=1S/C19H31NO4/c1-5-20(6-2)11-14-18-16(22)9-12(3)7-8-15(21)13(4)10-17(18)24-19(14)23/h9,14-18,21-22H,4-8,10-11H2,1-3H3/p+1/b12-9+/t14-,15+,16-,17+,18+/m0/s1. The van der Waals surface area contributed by atoms with Crippen molar-refractivity contribution in [2.45, 2.75) is 58.3 Å². The van der Waals surface area contributed by atoms with Crippen LogP contribution < -0.4 is 4.90 Å². The quantitative estimate of drug-likeness (QED) is 0.515. The molecule has 5 heteroatoms. The first kappa shape index (κ1) is 19.2. The number of aliphatic hydroxyl groups is 2. The van der Waals surface area contributed by atoms with Gasteiger partial charge in [-0.15, -0.1) is 0 Å². The number of carbonyl (C=O) groups is 1. The lowest BCUT2D eigenvalue weighted by Crippen LogP contribution is -3.12. The molecular formula is C19H32NO4+. The van der Waals surface area contributed by atoms with Crippen LogP contribution >= 0.6 is 0 Å². The molecule has 0 amide bonds. The summed E-state index contributed by atoms with van der Waals surface area (Å²) in [5, 5.41) is 21.0. The first-order valence-corrected chi connectivity index (χ1v) is 9.12. The van der Waals surface area contributed by atoms with Gasteiger partial charge in [-0.3, -0.25) is 4.79 Å². The van der Waals surface area contributed by atoms with E-state index in [-0.39, 0.29) is 17.8 Å². The van der Waals surface area contributed by atoms with E-state index in [1.807, 2.05) is 13.0 Å². The van der Waals surface area contributed by atoms with Gasteiger partial charge in [0.2, 0.25) is 0 Å². The fourth-order valence-corrected chi connectivity index (χ4v) is 3.89. The number of aliphatic hydroxyl groups excluding tert-OH is 2. The molecule has 0 spiro atoms. The van der Waals surface area contributed by atoms with Crippen LogP contribution in [0.1, 0.15) is 40.0 Å². The number of hydrogen-bond acceptors (Lipinski definition) is 4. The van der Waals surface area contributed by atoms with Crippen LogP contribution in [0.15, 0.2) is 23.8 Å². The Morgan fingerprint density at radius 2 is 2.00 bits per heavy atom. The number of esters is 1. The number of hydrogen-bond donors (Lipinski definition) is 3. The van der Waals surface area contributed by atoms with Crippen molar-refractivity contribution in [3.8, 4) is 0 Å². The Labute approximate surface area is 145 Å². The Kier molecular flexibility index (Phi) is 6.61. The minimum absolute atomic E-state index is 0.226. The smallest absolute Gasteiger partial charge is 0.315 e. The third-order valence-electron chi connectivity index (χ3n) is 5.57. The number of carbonyl (C=O) groups excluding carboxylic acids is 1. The molecule has 0 radical (unpaired) electrons. The fraction of sp³-hybridized carbons (Fsp3) is 0.737. The van der Waals surface area contributed by atoms with E-state index in [1.165, 1.54) is 4.90 Å². The highest BCUT2D eigenvalue weighted by atomic mass is 16.6. The number of fused-ring (bicyclic) bond motifs is 1. The predicted molar refractivity (Wildman–Crippen MR) is 92.5 cm³/mol. The summed E-state index contributed by atoms with van der Waals surface area (Å²) in [4.78, 5) is 13.8. The van der Waals surface area contributed by atoms with Crippen LogP contribution in [0.5, 0.6) is 0 Å². The zero-order valence-corrected chi connectivity index (χ0v) is 15.1. The number of quaternary nitrogens is 1. The van der Waals surface area contributed by atoms with Crippen LogP contribution in [0.2, 0.25) is 0 Å². The maximum Gasteiger partial charge on any atom is 0.315 e. The van der Waals surface area contributed by atoms with Crippen LogP contribution in [0.25, 0.3) is 0 Å². The lowest BCUT2D eigenvalue weighted by atomic mass is 9.80. The third-order valence-corrected chi connectivity index (χ3v) is 5.57. The van der Waals surface area contributed by atoms with Crippen molar-refractivity contribution in [3.63, 3.8) is 0 Å². The summed E-state index contributed by atoms with van der Waals surface area (Å²) >= 11 is 0. The average molecular weight is 338 g/mol. The Bertz CT molecular complexity index is 498. The van der Waals surface area contributed by atoms with Gasteiger partial charge in [-0.1, -0.05) is 18.2 Å². The second-order valence-electron chi connectivity index (χ2n) is 7.24. The topological polar surface area (TPSA) is 71.2 Å². The maximum absolute atomic E-state index is 12.5. The van der Waals surface area contributed by atoms with E-state index in [4.69, 9.17) is 4.74 Å². The molecule has 3 N–H and O–H groups in total. The van der Waals surface area contributed by atoms with Crippen molar-refractivity contribution in [2.24, 2.45) is 11.8 Å². The SMILES string of the molecule is C=C1C[C@H]2OC(=O)[C@@H](C[NH+](CC)CC)[C@@H]2[C@@H](O)/C=C(\C)CC[C@H]1O. The van der Waals surface area contributed by atoms with Gasteiger partial charge < -0.3 is 19.8 Å². The molecule has 2 aliphatic rings. The minimum Gasteiger partial charge on any atom is -0.461 e. The molecule has 1 saturated heterocycles. The van der Waals surface area contributed by atoms with Gasteiger partial charge in [0, 0.05) is 12.3 Å². The Morgan fingerprint density at radius 3 is 2.62 bits per heavy atom. The van der Waals surface area contributed by atoms with Crippen LogP contribution in [-0.2, 0) is 9.53 Å². The van der Waals surface area contributed by atoms with Gasteiger partial charge in [-0.2, -0.15) is 0 Å². The Morgan fingerprint density at radius 1 is 1.33 bits per heavy atom. The second kappa shape index (κ2) is 8.28. The Balaban J connectivity index is 2.29. The largest absolute Gasteiger partial charge is 0.461 e. The molecule has 0 aromatic carbocycles. The van der Waals surface area contributed by atoms with Gasteiger partial charge in [-0.05, 0) is 39.2 Å². The number of allylic oxidation sites excluding steroid dienone is 1. The summed E-state index contributed by atoms with van der Waals surface area (Å²) in [5.74, 6) is -0.813. The third kappa shape index (κ3) is 4.26. The zero-order valence-electron chi connectivity index (χ0n) is 15.1. The number of rotatable bonds is 4. The summed E-state index contributed by atoms with van der Waals surface area (Å²) in [6.45, 7) is 12.7. The molecule has 1 fully saturated rings. The molecule has 0 unspecified atom stereocenters. The highest BCUT2D eigenvalue weighted by Crippen LogP contribution is 2.36. The molecule has 0 aromatic heterocycles. The molecule has 0 bridgehead atoms. The zero-order chi connectivity index (χ0) is 17.9. The van der Waals surface area contributed by atoms with Gasteiger partial charge in [0.25, 0.3) is 0 Å². The highest BCUT2D eigenvalue weighted by molar-refractivity contribution is 5.75. The number of nitrogens with one attached hydrogen (secondary N) is 1. The van der Waals surface area contributed by atoms with Crippen LogP contribution in [0.3, 0.4) is 0 Å². The van der Waals surface area contributed by atoms with Crippen molar-refractivity contribution < 1.29 is 24.6 Å². The molecule has 2 rings (SSSR count). The monoisotopic (exact) mass is 338 g/mol. The maximum atomic E-state index is 12.5. The lowest BCUT2D eigenvalue weighted by Gasteiger charge is -2.28. The van der Waals surface area contributed by atoms with Crippen LogP contribution in [0.4, 0.5) is 0 Å². The van der Waals surface area contributed by atoms with Gasteiger partial charge in [0.1, 0.15) is 12.0 Å². The highest BCUT2D eigenvalue weighted by Gasteiger charge is 2.49. The first-order chi connectivity index (χ1) is 11.4. The van der Waals surface area contributed by atoms with Crippen molar-refractivity contribution >= 4 is 5.97 Å². The summed E-state index contributed by atoms with van der Waals surface area (Å²) in [6.07, 6.45) is 1.87. The van der Waals surface area contributed by atoms with Crippen LogP contribution in [0, 0.1) is 11.8 Å². The summed E-state index contributed by atoms with van der Waals surface area (Å²) in [6, 6.07) is 0. The predicted octanol–water partition coefficient (Wildman–Crippen LogP) is 0.477. The first-order valence-electron chi connectivity index (χ1n) is 9.12. The molecule has 5 nitrogen and oxygen atoms in total. The molecule has 0 saturated carbocycles. The van der Waals surface area contributed by atoms with E-state index in [1.54, 1.807) is 0 Å². The molecule has 24 heavy (non-hydrogen) atoms. The van der Waals surface area contributed by atoms with E-state index in [0.29, 0.717) is 25.0 Å². The normalized spacial score (nSPS) is 36.9. The van der Waals surface area contributed by atoms with E-state index in [0.717, 1.165) is 25.1 Å². The molecule has 1 aliphatic carbocycles. The number of ether oxygens (including phenoxy) is 1. The van der Waals surface area contributed by atoms with Crippen molar-refractivity contribution in [1.29, 1.82) is 0 Å². The van der Waals surface area contributed by atoms with E-state index < -0.39 is 18.3 Å². The molecular weight excluding hydrogens is 306 g/mol. The summed E-state index contributed by atoms with van der Waals surface area (Å²) in [5.41, 5.74) is 1.72. The van der Waals surface area contributed by atoms with E-state index in [2.05, 4.69) is 20.4 Å². The summed E-state index contributed by atoms with van der Waals surface area (Å²) < 4.78 is 5.61. The fourth-order valence-electron chi connectivity index (χ4n) is 3.89. The van der Waals surface area contributed by atoms with Gasteiger partial charge >= 0.3 is 5.97 Å². The Hall–Kier alpha value is -1.17. The lowest BCUT2D eigenvalue weighted by molar-refractivity contribution is -0.899. The summed E-state index contributed by atoms with van der Waals surface area (Å²) in [7, 11) is 0.